The van der Waals surface area contributed by atoms with Crippen LogP contribution in [0.3, 0.4) is 0 Å². The van der Waals surface area contributed by atoms with Crippen LogP contribution in [0.25, 0.3) is 0 Å². The van der Waals surface area contributed by atoms with Crippen molar-refractivity contribution in [3.05, 3.63) is 0 Å². The molecular formula is C4H10O2Zr. The zero-order valence-corrected chi connectivity index (χ0v) is 7.31. The molecule has 0 saturated carbocycles. The van der Waals surface area contributed by atoms with Crippen LogP contribution in [0.15, 0.2) is 0 Å². The Balaban J connectivity index is 0. The summed E-state index contributed by atoms with van der Waals surface area (Å²) < 4.78 is 4.49. The van der Waals surface area contributed by atoms with Gasteiger partial charge in [-0.3, -0.25) is 0 Å². The van der Waals surface area contributed by atoms with Gasteiger partial charge in [0.05, 0.1) is 0 Å². The van der Waals surface area contributed by atoms with Crippen molar-refractivity contribution in [3.8, 4) is 0 Å². The third-order valence-electron chi connectivity index (χ3n) is 0.500. The van der Waals surface area contributed by atoms with Crippen LogP contribution in [0.5, 0.6) is 0 Å². The van der Waals surface area contributed by atoms with Gasteiger partial charge in [-0.15, -0.1) is 0 Å². The number of hydrogen-bond donors (Lipinski definition) is 1. The zero-order valence-electron chi connectivity index (χ0n) is 4.86. The molecule has 0 aromatic heterocycles. The van der Waals surface area contributed by atoms with E-state index in [1.165, 1.54) is 7.11 Å². The summed E-state index contributed by atoms with van der Waals surface area (Å²) in [7, 11) is 1.46. The molecule has 0 saturated heterocycles. The first kappa shape index (κ1) is 10.7. The van der Waals surface area contributed by atoms with Gasteiger partial charge in [-0.1, -0.05) is 0 Å². The molecule has 0 unspecified atom stereocenters. The van der Waals surface area contributed by atoms with Gasteiger partial charge >= 0.3 is 0 Å². The molecule has 0 atom stereocenters. The monoisotopic (exact) mass is 180 g/mol. The molecule has 0 radical (unpaired) electrons. The molecule has 0 heterocycles. The Hall–Kier alpha value is 0.803. The number of rotatable bonds is 1. The first-order valence-corrected chi connectivity index (χ1v) is 1.84. The van der Waals surface area contributed by atoms with Crippen molar-refractivity contribution in [1.82, 2.24) is 0 Å². The van der Waals surface area contributed by atoms with Gasteiger partial charge in [-0.2, -0.15) is 0 Å². The average molecular weight is 181 g/mol. The standard InChI is InChI=1S/C4H10O2.Zr/c1-4(2,5)6-3;/h5H,1-3H3;. The third kappa shape index (κ3) is 10.9. The van der Waals surface area contributed by atoms with Crippen molar-refractivity contribution in [2.24, 2.45) is 0 Å². The van der Waals surface area contributed by atoms with Gasteiger partial charge < -0.3 is 9.84 Å². The maximum Gasteiger partial charge on any atom is 0.159 e. The van der Waals surface area contributed by atoms with Crippen molar-refractivity contribution in [2.45, 2.75) is 19.6 Å². The zero-order chi connectivity index (χ0) is 5.21. The molecule has 0 aromatic carbocycles. The van der Waals surface area contributed by atoms with E-state index in [4.69, 9.17) is 5.11 Å². The molecule has 0 aliphatic rings. The normalized spacial score (nSPS) is 10.3. The second-order valence-electron chi connectivity index (χ2n) is 1.65. The van der Waals surface area contributed by atoms with E-state index in [0.717, 1.165) is 0 Å². The van der Waals surface area contributed by atoms with Crippen molar-refractivity contribution in [3.63, 3.8) is 0 Å². The summed E-state index contributed by atoms with van der Waals surface area (Å²) in [5.41, 5.74) is 0. The van der Waals surface area contributed by atoms with Gasteiger partial charge in [0.25, 0.3) is 0 Å². The molecule has 7 heavy (non-hydrogen) atoms. The van der Waals surface area contributed by atoms with Crippen molar-refractivity contribution >= 4 is 0 Å². The van der Waals surface area contributed by atoms with Gasteiger partial charge in [0, 0.05) is 33.3 Å². The van der Waals surface area contributed by atoms with Gasteiger partial charge in [0.2, 0.25) is 0 Å². The molecule has 0 bridgehead atoms. The summed E-state index contributed by atoms with van der Waals surface area (Å²) in [4.78, 5) is 0. The molecule has 0 spiro atoms. The Morgan fingerprint density at radius 1 is 1.43 bits per heavy atom. The minimum Gasteiger partial charge on any atom is -0.366 e. The third-order valence-corrected chi connectivity index (χ3v) is 0.500. The molecule has 1 N–H and O–H groups in total. The summed E-state index contributed by atoms with van der Waals surface area (Å²) in [5.74, 6) is -0.958. The van der Waals surface area contributed by atoms with E-state index in [-0.39, 0.29) is 26.2 Å². The Morgan fingerprint density at radius 2 is 1.57 bits per heavy atom. The molecule has 0 amide bonds. The Labute approximate surface area is 63.0 Å². The van der Waals surface area contributed by atoms with E-state index in [1.807, 2.05) is 0 Å². The smallest absolute Gasteiger partial charge is 0.159 e. The molecule has 2 nitrogen and oxygen atoms in total. The van der Waals surface area contributed by atoms with Crippen LogP contribution in [-0.2, 0) is 30.9 Å². The summed E-state index contributed by atoms with van der Waals surface area (Å²) in [6.45, 7) is 3.15. The first-order valence-electron chi connectivity index (χ1n) is 1.84. The largest absolute Gasteiger partial charge is 0.366 e. The minimum atomic E-state index is -0.958. The van der Waals surface area contributed by atoms with E-state index in [0.29, 0.717) is 0 Å². The summed E-state index contributed by atoms with van der Waals surface area (Å²) in [6.07, 6.45) is 0. The van der Waals surface area contributed by atoms with Crippen LogP contribution >= 0.6 is 0 Å². The first-order chi connectivity index (χ1) is 2.56. The number of ether oxygens (including phenoxy) is 1. The van der Waals surface area contributed by atoms with Crippen LogP contribution in [0.2, 0.25) is 0 Å². The summed E-state index contributed by atoms with van der Waals surface area (Å²) >= 11 is 0. The van der Waals surface area contributed by atoms with E-state index in [9.17, 15) is 0 Å². The van der Waals surface area contributed by atoms with Crippen LogP contribution in [0, 0.1) is 0 Å². The molecule has 0 aliphatic carbocycles. The van der Waals surface area contributed by atoms with Crippen molar-refractivity contribution in [2.75, 3.05) is 7.11 Å². The average Bonchev–Trinajstić information content (AvgIpc) is 1.35. The second kappa shape index (κ2) is 3.76. The molecule has 0 fully saturated rings. The van der Waals surface area contributed by atoms with Gasteiger partial charge in [0.15, 0.2) is 5.79 Å². The van der Waals surface area contributed by atoms with E-state index < -0.39 is 5.79 Å². The van der Waals surface area contributed by atoms with Crippen molar-refractivity contribution in [1.29, 1.82) is 0 Å². The molecule has 3 heteroatoms. The minimum absolute atomic E-state index is 0. The molecule has 0 aliphatic heterocycles. The number of hydrogen-bond acceptors (Lipinski definition) is 2. The molecular weight excluding hydrogens is 171 g/mol. The Bertz CT molecular complexity index is 39.4. The predicted molar refractivity (Wildman–Crippen MR) is 23.3 cm³/mol. The van der Waals surface area contributed by atoms with Crippen LogP contribution in [0.4, 0.5) is 0 Å². The van der Waals surface area contributed by atoms with Crippen LogP contribution in [-0.4, -0.2) is 18.0 Å². The molecule has 0 rings (SSSR count). The fourth-order valence-corrected chi connectivity index (χ4v) is 0. The van der Waals surface area contributed by atoms with Gasteiger partial charge in [0.1, 0.15) is 0 Å². The molecule has 0 aromatic rings. The maximum atomic E-state index is 8.60. The Morgan fingerprint density at radius 3 is 1.57 bits per heavy atom. The van der Waals surface area contributed by atoms with Gasteiger partial charge in [-0.25, -0.2) is 0 Å². The number of aliphatic hydroxyl groups is 1. The number of methoxy groups -OCH3 is 1. The fourth-order valence-electron chi connectivity index (χ4n) is 0. The van der Waals surface area contributed by atoms with Crippen LogP contribution in [0.1, 0.15) is 13.8 Å². The fraction of sp³-hybridized carbons (Fsp3) is 1.00. The summed E-state index contributed by atoms with van der Waals surface area (Å²) in [6, 6.07) is 0. The summed E-state index contributed by atoms with van der Waals surface area (Å²) in [5, 5.41) is 8.60. The van der Waals surface area contributed by atoms with Crippen LogP contribution < -0.4 is 0 Å². The topological polar surface area (TPSA) is 29.5 Å². The predicted octanol–water partition coefficient (Wildman–Crippen LogP) is 0.359. The second-order valence-corrected chi connectivity index (χ2v) is 1.65. The maximum absolute atomic E-state index is 8.60. The quantitative estimate of drug-likeness (QED) is 0.592. The SMILES string of the molecule is COC(C)(C)O.[Zr]. The molecule has 42 valence electrons. The Kier molecular flexibility index (Phi) is 5.76. The van der Waals surface area contributed by atoms with E-state index in [1.54, 1.807) is 13.8 Å². The van der Waals surface area contributed by atoms with Gasteiger partial charge in [-0.05, 0) is 13.8 Å². The van der Waals surface area contributed by atoms with E-state index in [2.05, 4.69) is 4.74 Å². The van der Waals surface area contributed by atoms with E-state index >= 15 is 0 Å². The van der Waals surface area contributed by atoms with Crippen molar-refractivity contribution < 1.29 is 36.0 Å².